The van der Waals surface area contributed by atoms with E-state index >= 15 is 0 Å². The number of hydrogen-bond acceptors (Lipinski definition) is 11. The summed E-state index contributed by atoms with van der Waals surface area (Å²) in [5.74, 6) is -3.31. The molecule has 12 nitrogen and oxygen atoms in total. The number of carboxylic acid groups (broad SMARTS) is 1. The zero-order valence-corrected chi connectivity index (χ0v) is 48.5. The van der Waals surface area contributed by atoms with E-state index in [0.29, 0.717) is 25.7 Å². The zero-order valence-electron chi connectivity index (χ0n) is 48.5. The third-order valence-corrected chi connectivity index (χ3v) is 12.4. The zero-order chi connectivity index (χ0) is 57.5. The fourth-order valence-corrected chi connectivity index (χ4v) is 7.95. The van der Waals surface area contributed by atoms with Crippen molar-refractivity contribution in [2.75, 3.05) is 13.2 Å². The highest BCUT2D eigenvalue weighted by Crippen LogP contribution is 2.26. The number of aliphatic hydroxyl groups is 2. The van der Waals surface area contributed by atoms with E-state index in [1.165, 1.54) is 0 Å². The molecule has 3 N–H and O–H groups in total. The molecule has 0 amide bonds. The quantitative estimate of drug-likeness (QED) is 0.0228. The average Bonchev–Trinajstić information content (AvgIpc) is 3.47. The van der Waals surface area contributed by atoms with Gasteiger partial charge in [-0.1, -0.05) is 205 Å². The second-order valence-corrected chi connectivity index (χ2v) is 19.5. The molecule has 1 aliphatic heterocycles. The van der Waals surface area contributed by atoms with Crippen LogP contribution in [-0.2, 0) is 42.9 Å². The maximum atomic E-state index is 13.1. The predicted molar refractivity (Wildman–Crippen MR) is 321 cm³/mol. The lowest BCUT2D eigenvalue weighted by molar-refractivity contribution is -0.301. The number of carboxylic acids is 1. The molecule has 0 saturated carbocycles. The molecule has 12 heteroatoms. The monoisotopic (exact) mass is 1100 g/mol. The van der Waals surface area contributed by atoms with Crippen LogP contribution in [0, 0.1) is 0 Å². The van der Waals surface area contributed by atoms with E-state index in [4.69, 9.17) is 23.7 Å². The number of hydrogen-bond donors (Lipinski definition) is 3. The van der Waals surface area contributed by atoms with E-state index in [2.05, 4.69) is 154 Å². The first kappa shape index (κ1) is 71.6. The van der Waals surface area contributed by atoms with Crippen molar-refractivity contribution in [3.8, 4) is 0 Å². The van der Waals surface area contributed by atoms with Gasteiger partial charge >= 0.3 is 23.9 Å². The van der Waals surface area contributed by atoms with Gasteiger partial charge in [-0.3, -0.25) is 14.4 Å². The molecule has 1 heterocycles. The maximum absolute atomic E-state index is 13.1. The number of ether oxygens (including phenoxy) is 5. The molecule has 1 fully saturated rings. The maximum Gasteiger partial charge on any atom is 0.335 e. The molecule has 6 atom stereocenters. The fourth-order valence-electron chi connectivity index (χ4n) is 7.95. The van der Waals surface area contributed by atoms with Crippen LogP contribution in [-0.4, -0.2) is 89.2 Å². The Labute approximate surface area is 476 Å². The Balaban J connectivity index is 2.75. The molecule has 6 unspecified atom stereocenters. The molecule has 0 spiro atoms. The summed E-state index contributed by atoms with van der Waals surface area (Å²) in [7, 11) is 0. The molecule has 1 saturated heterocycles. The number of aliphatic carboxylic acids is 1. The van der Waals surface area contributed by atoms with Crippen LogP contribution in [0.1, 0.15) is 201 Å². The topological polar surface area (TPSA) is 175 Å². The van der Waals surface area contributed by atoms with E-state index in [0.717, 1.165) is 135 Å². The van der Waals surface area contributed by atoms with Gasteiger partial charge in [0.25, 0.3) is 0 Å². The summed E-state index contributed by atoms with van der Waals surface area (Å²) in [5, 5.41) is 31.5. The second-order valence-electron chi connectivity index (χ2n) is 19.5. The van der Waals surface area contributed by atoms with Crippen molar-refractivity contribution >= 4 is 23.9 Å². The number of rotatable bonds is 48. The van der Waals surface area contributed by atoms with Crippen molar-refractivity contribution in [2.45, 2.75) is 237 Å². The molecule has 0 bridgehead atoms. The molecule has 442 valence electrons. The summed E-state index contributed by atoms with van der Waals surface area (Å²) in [6, 6.07) is 0. The van der Waals surface area contributed by atoms with E-state index < -0.39 is 67.3 Å². The van der Waals surface area contributed by atoms with Gasteiger partial charge in [-0.15, -0.1) is 0 Å². The van der Waals surface area contributed by atoms with Crippen molar-refractivity contribution in [3.63, 3.8) is 0 Å². The van der Waals surface area contributed by atoms with Crippen LogP contribution in [0.3, 0.4) is 0 Å². The Kier molecular flexibility index (Phi) is 48.3. The van der Waals surface area contributed by atoms with Crippen molar-refractivity contribution in [2.24, 2.45) is 0 Å². The number of aliphatic hydroxyl groups excluding tert-OH is 2. The van der Waals surface area contributed by atoms with Gasteiger partial charge in [0.05, 0.1) is 6.61 Å². The summed E-state index contributed by atoms with van der Waals surface area (Å²) >= 11 is 0. The molecular weight excluding hydrogens is 997 g/mol. The standard InChI is InChI=1S/C67H102O12/c1-4-7-10-13-16-19-22-25-27-29-30-32-33-36-38-41-44-47-50-53-59(68)75-56-58(77-60(69)54-51-48-45-42-39-35-24-21-18-15-12-9-6-3)57-76-67-65(63(72)62(71)64(79-67)66(73)74)78-61(70)55-52-49-46-43-40-37-34-31-28-26-23-20-17-14-11-8-5-2/h7-12,16-21,25-28,30,32,35-36,38-39,44,47,58,62-65,67,71-72H,4-6,13-15,22-24,29,31,33-34,37,40-43,45-46,48-57H2,1-3H3,(H,73,74)/b10-7-,11-8-,12-9-,19-16-,20-17-,21-18-,27-25-,28-26-,32-30-,38-36-,39-35-,47-44-. The van der Waals surface area contributed by atoms with Gasteiger partial charge in [0.2, 0.25) is 0 Å². The Bertz CT molecular complexity index is 1930. The minimum atomic E-state index is -1.93. The lowest BCUT2D eigenvalue weighted by Gasteiger charge is -2.40. The van der Waals surface area contributed by atoms with Gasteiger partial charge in [0.1, 0.15) is 18.8 Å². The molecule has 1 aliphatic rings. The number of unbranched alkanes of at least 4 members (excludes halogenated alkanes) is 10. The van der Waals surface area contributed by atoms with E-state index in [1.54, 1.807) is 0 Å². The average molecular weight is 1100 g/mol. The summed E-state index contributed by atoms with van der Waals surface area (Å²) in [6.45, 7) is 5.54. The Morgan fingerprint density at radius 3 is 1.22 bits per heavy atom. The number of carbonyl (C=O) groups is 4. The highest BCUT2D eigenvalue weighted by Gasteiger charge is 2.50. The molecule has 0 radical (unpaired) electrons. The Morgan fingerprint density at radius 1 is 0.418 bits per heavy atom. The van der Waals surface area contributed by atoms with Crippen molar-refractivity contribution in [3.05, 3.63) is 146 Å². The van der Waals surface area contributed by atoms with Crippen molar-refractivity contribution in [1.29, 1.82) is 0 Å². The first-order chi connectivity index (χ1) is 38.6. The van der Waals surface area contributed by atoms with Crippen molar-refractivity contribution in [1.82, 2.24) is 0 Å². The van der Waals surface area contributed by atoms with Crippen LogP contribution in [0.25, 0.3) is 0 Å². The Morgan fingerprint density at radius 2 is 0.785 bits per heavy atom. The van der Waals surface area contributed by atoms with E-state index in [-0.39, 0.29) is 25.9 Å². The molecule has 0 aromatic rings. The molecular formula is C67H102O12. The largest absolute Gasteiger partial charge is 0.479 e. The van der Waals surface area contributed by atoms with Crippen LogP contribution in [0.4, 0.5) is 0 Å². The molecule has 0 aromatic heterocycles. The van der Waals surface area contributed by atoms with Gasteiger partial charge in [-0.05, 0) is 122 Å². The van der Waals surface area contributed by atoms with Gasteiger partial charge in [0, 0.05) is 19.3 Å². The lowest BCUT2D eigenvalue weighted by Crippen LogP contribution is -2.61. The summed E-state index contributed by atoms with van der Waals surface area (Å²) in [5.41, 5.74) is 0. The van der Waals surface area contributed by atoms with Crippen LogP contribution in [0.5, 0.6) is 0 Å². The summed E-state index contributed by atoms with van der Waals surface area (Å²) in [4.78, 5) is 51.1. The smallest absolute Gasteiger partial charge is 0.335 e. The minimum Gasteiger partial charge on any atom is -0.479 e. The molecule has 79 heavy (non-hydrogen) atoms. The molecule has 0 aromatic carbocycles. The summed E-state index contributed by atoms with van der Waals surface area (Å²) < 4.78 is 28.3. The van der Waals surface area contributed by atoms with Crippen LogP contribution in [0.2, 0.25) is 0 Å². The van der Waals surface area contributed by atoms with E-state index in [1.807, 2.05) is 12.2 Å². The Hall–Kier alpha value is -5.40. The second kappa shape index (κ2) is 53.3. The molecule has 0 aliphatic carbocycles. The number of esters is 3. The minimum absolute atomic E-state index is 0.0299. The first-order valence-electron chi connectivity index (χ1n) is 29.8. The summed E-state index contributed by atoms with van der Waals surface area (Å²) in [6.07, 6.45) is 64.0. The van der Waals surface area contributed by atoms with Crippen LogP contribution in [0.15, 0.2) is 146 Å². The van der Waals surface area contributed by atoms with E-state index in [9.17, 15) is 34.5 Å². The normalized spacial score (nSPS) is 18.9. The van der Waals surface area contributed by atoms with Crippen LogP contribution >= 0.6 is 0 Å². The van der Waals surface area contributed by atoms with Crippen molar-refractivity contribution < 1.29 is 58.2 Å². The fraction of sp³-hybridized carbons (Fsp3) is 0.582. The molecule has 1 rings (SSSR count). The lowest BCUT2D eigenvalue weighted by atomic mass is 9.98. The SMILES string of the molecule is CC/C=C\C/C=C\C/C=C\C/C=C\C/C=C\C/C=C\CCC(=O)OCC(COC1OC(C(=O)O)C(O)C(O)C1OC(=O)CCCCCCCCC/C=C\C/C=C\C/C=C\CC)OC(=O)CCCCC/C=C\C/C=C\C/C=C\CC. The highest BCUT2D eigenvalue weighted by atomic mass is 16.7. The van der Waals surface area contributed by atoms with Gasteiger partial charge in [0.15, 0.2) is 24.6 Å². The number of allylic oxidation sites excluding steroid dienone is 24. The number of carbonyl (C=O) groups excluding carboxylic acids is 3. The third-order valence-electron chi connectivity index (χ3n) is 12.4. The predicted octanol–water partition coefficient (Wildman–Crippen LogP) is 15.6. The van der Waals surface area contributed by atoms with Gasteiger partial charge < -0.3 is 39.0 Å². The van der Waals surface area contributed by atoms with Gasteiger partial charge in [-0.25, -0.2) is 4.79 Å². The highest BCUT2D eigenvalue weighted by molar-refractivity contribution is 5.74. The third kappa shape index (κ3) is 43.1. The van der Waals surface area contributed by atoms with Crippen LogP contribution < -0.4 is 0 Å². The van der Waals surface area contributed by atoms with Gasteiger partial charge in [-0.2, -0.15) is 0 Å². The first-order valence-corrected chi connectivity index (χ1v) is 29.8.